The number of hydrogen-bond acceptors (Lipinski definition) is 6. The molecule has 1 heterocycles. The van der Waals surface area contributed by atoms with Gasteiger partial charge in [0.15, 0.2) is 5.78 Å². The van der Waals surface area contributed by atoms with Crippen molar-refractivity contribution in [2.24, 2.45) is 0 Å². The summed E-state index contributed by atoms with van der Waals surface area (Å²) in [6.07, 6.45) is 2.14. The number of benzene rings is 3. The average Bonchev–Trinajstić information content (AvgIpc) is 3.08. The number of hydrogen-bond donors (Lipinski definition) is 2. The Morgan fingerprint density at radius 2 is 1.64 bits per heavy atom. The molecule has 0 fully saturated rings. The fourth-order valence-electron chi connectivity index (χ4n) is 5.08. The van der Waals surface area contributed by atoms with Gasteiger partial charge in [0.1, 0.15) is 17.2 Å². The molecule has 3 aromatic rings. The van der Waals surface area contributed by atoms with Crippen LogP contribution in [0.25, 0.3) is 0 Å². The van der Waals surface area contributed by atoms with E-state index in [1.54, 1.807) is 14.2 Å². The average molecular weight is 485 g/mol. The van der Waals surface area contributed by atoms with Crippen molar-refractivity contribution in [3.05, 3.63) is 89.1 Å². The first-order chi connectivity index (χ1) is 17.6. The molecule has 186 valence electrons. The number of methoxy groups -OCH3 is 2. The van der Waals surface area contributed by atoms with E-state index in [-0.39, 0.29) is 17.7 Å². The van der Waals surface area contributed by atoms with Gasteiger partial charge in [0.2, 0.25) is 0 Å². The first-order valence-electron chi connectivity index (χ1n) is 12.4. The highest BCUT2D eigenvalue weighted by Crippen LogP contribution is 2.46. The van der Waals surface area contributed by atoms with Crippen molar-refractivity contribution in [3.8, 4) is 17.2 Å². The number of ketones is 1. The molecule has 0 spiro atoms. The Morgan fingerprint density at radius 3 is 2.36 bits per heavy atom. The largest absolute Gasteiger partial charge is 0.497 e. The van der Waals surface area contributed by atoms with Gasteiger partial charge in [-0.05, 0) is 66.8 Å². The van der Waals surface area contributed by atoms with E-state index in [1.165, 1.54) is 0 Å². The maximum atomic E-state index is 13.8. The summed E-state index contributed by atoms with van der Waals surface area (Å²) in [6.45, 7) is 2.79. The summed E-state index contributed by atoms with van der Waals surface area (Å²) in [6, 6.07) is 21.5. The van der Waals surface area contributed by atoms with Crippen molar-refractivity contribution in [2.45, 2.75) is 38.1 Å². The standard InChI is InChI=1S/C30H32N2O4/c1-4-15-36-21-11-9-19(10-12-21)20-16-26-29(27(33)17-20)30(32-25-8-6-5-7-24(25)31-26)23-18-22(34-2)13-14-28(23)35-3/h5-14,18,20,30-32H,4,15-17H2,1-3H3. The molecule has 0 radical (unpaired) electrons. The predicted molar refractivity (Wildman–Crippen MR) is 142 cm³/mol. The summed E-state index contributed by atoms with van der Waals surface area (Å²) in [5.74, 6) is 2.49. The van der Waals surface area contributed by atoms with Crippen LogP contribution in [0.5, 0.6) is 17.2 Å². The van der Waals surface area contributed by atoms with E-state index >= 15 is 0 Å². The van der Waals surface area contributed by atoms with Crippen LogP contribution in [0.4, 0.5) is 11.4 Å². The highest BCUT2D eigenvalue weighted by molar-refractivity contribution is 6.01. The van der Waals surface area contributed by atoms with E-state index in [0.29, 0.717) is 24.5 Å². The molecule has 1 aliphatic heterocycles. The van der Waals surface area contributed by atoms with Gasteiger partial charge in [0.25, 0.3) is 0 Å². The van der Waals surface area contributed by atoms with Gasteiger partial charge in [-0.2, -0.15) is 0 Å². The Hall–Kier alpha value is -3.93. The molecule has 2 unspecified atom stereocenters. The second kappa shape index (κ2) is 10.4. The van der Waals surface area contributed by atoms with Crippen LogP contribution in [0, 0.1) is 0 Å². The van der Waals surface area contributed by atoms with E-state index in [1.807, 2.05) is 54.6 Å². The zero-order valence-electron chi connectivity index (χ0n) is 21.0. The van der Waals surface area contributed by atoms with Crippen molar-refractivity contribution >= 4 is 17.2 Å². The van der Waals surface area contributed by atoms with Crippen LogP contribution in [0.1, 0.15) is 49.3 Å². The van der Waals surface area contributed by atoms with Gasteiger partial charge in [-0.15, -0.1) is 0 Å². The van der Waals surface area contributed by atoms with Crippen LogP contribution in [0.3, 0.4) is 0 Å². The number of carbonyl (C=O) groups is 1. The number of ether oxygens (including phenoxy) is 3. The molecule has 5 rings (SSSR count). The summed E-state index contributed by atoms with van der Waals surface area (Å²) in [4.78, 5) is 13.8. The summed E-state index contributed by atoms with van der Waals surface area (Å²) >= 11 is 0. The zero-order valence-corrected chi connectivity index (χ0v) is 21.0. The lowest BCUT2D eigenvalue weighted by atomic mass is 9.78. The van der Waals surface area contributed by atoms with Crippen molar-refractivity contribution in [1.29, 1.82) is 0 Å². The van der Waals surface area contributed by atoms with Gasteiger partial charge in [0.05, 0.1) is 38.2 Å². The first-order valence-corrected chi connectivity index (χ1v) is 12.4. The predicted octanol–water partition coefficient (Wildman–Crippen LogP) is 6.47. The topological polar surface area (TPSA) is 68.8 Å². The number of rotatable bonds is 7. The second-order valence-electron chi connectivity index (χ2n) is 9.19. The molecule has 0 amide bonds. The molecular formula is C30H32N2O4. The summed E-state index contributed by atoms with van der Waals surface area (Å²) in [5.41, 5.74) is 5.58. The monoisotopic (exact) mass is 484 g/mol. The lowest BCUT2D eigenvalue weighted by Gasteiger charge is -2.30. The molecule has 1 aliphatic carbocycles. The Morgan fingerprint density at radius 1 is 0.889 bits per heavy atom. The van der Waals surface area contributed by atoms with Crippen molar-refractivity contribution in [3.63, 3.8) is 0 Å². The highest BCUT2D eigenvalue weighted by Gasteiger charge is 2.37. The number of nitrogens with one attached hydrogen (secondary N) is 2. The van der Waals surface area contributed by atoms with Crippen LogP contribution < -0.4 is 24.8 Å². The molecule has 2 N–H and O–H groups in total. The lowest BCUT2D eigenvalue weighted by molar-refractivity contribution is -0.116. The third kappa shape index (κ3) is 4.63. The third-order valence-electron chi connectivity index (χ3n) is 6.88. The van der Waals surface area contributed by atoms with Gasteiger partial charge < -0.3 is 24.8 Å². The third-order valence-corrected chi connectivity index (χ3v) is 6.88. The Kier molecular flexibility index (Phi) is 6.85. The SMILES string of the molecule is CCCOc1ccc(C2CC(=O)C3=C(C2)Nc2ccccc2NC3c2cc(OC)ccc2OC)cc1. The first kappa shape index (κ1) is 23.8. The maximum Gasteiger partial charge on any atom is 0.163 e. The number of fused-ring (bicyclic) bond motifs is 1. The fourth-order valence-corrected chi connectivity index (χ4v) is 5.08. The molecule has 0 aromatic heterocycles. The summed E-state index contributed by atoms with van der Waals surface area (Å²) < 4.78 is 17.0. The molecule has 0 bridgehead atoms. The van der Waals surface area contributed by atoms with Gasteiger partial charge in [0, 0.05) is 23.3 Å². The zero-order chi connectivity index (χ0) is 25.1. The van der Waals surface area contributed by atoms with Gasteiger partial charge in [-0.25, -0.2) is 0 Å². The van der Waals surface area contributed by atoms with Crippen LogP contribution >= 0.6 is 0 Å². The fraction of sp³-hybridized carbons (Fsp3) is 0.300. The van der Waals surface area contributed by atoms with E-state index in [4.69, 9.17) is 14.2 Å². The van der Waals surface area contributed by atoms with Gasteiger partial charge in [-0.1, -0.05) is 31.2 Å². The van der Waals surface area contributed by atoms with Crippen LogP contribution in [0.15, 0.2) is 78.0 Å². The Balaban J connectivity index is 1.55. The Labute approximate surface area is 212 Å². The molecule has 2 atom stereocenters. The van der Waals surface area contributed by atoms with E-state index < -0.39 is 0 Å². The van der Waals surface area contributed by atoms with E-state index in [9.17, 15) is 4.79 Å². The van der Waals surface area contributed by atoms with Crippen LogP contribution in [-0.2, 0) is 4.79 Å². The van der Waals surface area contributed by atoms with E-state index in [0.717, 1.165) is 52.4 Å². The minimum absolute atomic E-state index is 0.0853. The molecule has 0 saturated carbocycles. The second-order valence-corrected chi connectivity index (χ2v) is 9.19. The van der Waals surface area contributed by atoms with Gasteiger partial charge in [-0.3, -0.25) is 4.79 Å². The summed E-state index contributed by atoms with van der Waals surface area (Å²) in [7, 11) is 3.29. The van der Waals surface area contributed by atoms with E-state index in [2.05, 4.69) is 29.7 Å². The van der Waals surface area contributed by atoms with Crippen LogP contribution in [-0.4, -0.2) is 26.6 Å². The van der Waals surface area contributed by atoms with Crippen molar-refractivity contribution < 1.29 is 19.0 Å². The minimum atomic E-state index is -0.375. The minimum Gasteiger partial charge on any atom is -0.497 e. The molecule has 2 aliphatic rings. The molecule has 36 heavy (non-hydrogen) atoms. The van der Waals surface area contributed by atoms with Crippen LogP contribution in [0.2, 0.25) is 0 Å². The molecular weight excluding hydrogens is 452 g/mol. The number of anilines is 2. The quantitative estimate of drug-likeness (QED) is 0.400. The number of para-hydroxylation sites is 2. The van der Waals surface area contributed by atoms with Gasteiger partial charge >= 0.3 is 0 Å². The Bertz CT molecular complexity index is 1280. The van der Waals surface area contributed by atoms with Crippen molar-refractivity contribution in [2.75, 3.05) is 31.5 Å². The summed E-state index contributed by atoms with van der Waals surface area (Å²) in [5, 5.41) is 7.22. The number of carbonyl (C=O) groups excluding carboxylic acids is 1. The molecule has 6 nitrogen and oxygen atoms in total. The maximum absolute atomic E-state index is 13.8. The normalized spacial score (nSPS) is 18.8. The highest BCUT2D eigenvalue weighted by atomic mass is 16.5. The number of Topliss-reactive ketones (excluding diaryl/α,β-unsaturated/α-hetero) is 1. The molecule has 6 heteroatoms. The molecule has 0 saturated heterocycles. The lowest BCUT2D eigenvalue weighted by Crippen LogP contribution is -2.27. The molecule has 3 aromatic carbocycles. The smallest absolute Gasteiger partial charge is 0.163 e. The number of allylic oxidation sites excluding steroid dienone is 1. The van der Waals surface area contributed by atoms with Crippen molar-refractivity contribution in [1.82, 2.24) is 0 Å².